The van der Waals surface area contributed by atoms with E-state index in [0.717, 1.165) is 54.6 Å². The van der Waals surface area contributed by atoms with E-state index in [4.69, 9.17) is 46.0 Å². The molecule has 0 fully saturated rings. The molecule has 0 heterocycles. The Balaban J connectivity index is 0.000000202. The zero-order valence-corrected chi connectivity index (χ0v) is 13.7. The number of rotatable bonds is 0. The molecule has 0 unspecified atom stereocenters. The minimum atomic E-state index is -0.146. The van der Waals surface area contributed by atoms with Crippen LogP contribution < -0.4 is 0 Å². The molecule has 144 valence electrons. The van der Waals surface area contributed by atoms with Gasteiger partial charge in [0, 0.05) is 54.6 Å². The molecule has 3 aromatic rings. The van der Waals surface area contributed by atoms with Crippen molar-refractivity contribution >= 4 is 0 Å². The fraction of sp³-hybridized carbons (Fsp3) is 0. The summed E-state index contributed by atoms with van der Waals surface area (Å²) in [5.74, 6) is -1.31. The van der Waals surface area contributed by atoms with Gasteiger partial charge in [-0.3, -0.25) is 0 Å². The molecule has 0 saturated heterocycles. The molecular formula is C18H18O9. The van der Waals surface area contributed by atoms with Gasteiger partial charge in [0.05, 0.1) is 0 Å². The van der Waals surface area contributed by atoms with Crippen molar-refractivity contribution in [3.63, 3.8) is 0 Å². The van der Waals surface area contributed by atoms with Crippen molar-refractivity contribution in [2.75, 3.05) is 0 Å². The van der Waals surface area contributed by atoms with Gasteiger partial charge in [-0.15, -0.1) is 0 Å². The van der Waals surface area contributed by atoms with Crippen molar-refractivity contribution in [1.82, 2.24) is 0 Å². The minimum Gasteiger partial charge on any atom is -0.508 e. The van der Waals surface area contributed by atoms with E-state index in [1.807, 2.05) is 0 Å². The maximum atomic E-state index is 8.67. The van der Waals surface area contributed by atoms with Crippen LogP contribution in [0.4, 0.5) is 0 Å². The molecule has 0 aliphatic heterocycles. The van der Waals surface area contributed by atoms with Crippen molar-refractivity contribution in [2.24, 2.45) is 0 Å². The Morgan fingerprint density at radius 2 is 0.296 bits per heavy atom. The molecule has 27 heavy (non-hydrogen) atoms. The highest BCUT2D eigenvalue weighted by atomic mass is 16.3. The largest absolute Gasteiger partial charge is 0.508 e. The number of hydrogen-bond acceptors (Lipinski definition) is 9. The van der Waals surface area contributed by atoms with Crippen molar-refractivity contribution in [2.45, 2.75) is 0 Å². The second kappa shape index (κ2) is 9.37. The lowest BCUT2D eigenvalue weighted by molar-refractivity contribution is 0.426. The lowest BCUT2D eigenvalue weighted by atomic mass is 10.3. The second-order valence-electron chi connectivity index (χ2n) is 5.12. The topological polar surface area (TPSA) is 182 Å². The minimum absolute atomic E-state index is 0.146. The van der Waals surface area contributed by atoms with E-state index >= 15 is 0 Å². The molecule has 9 heteroatoms. The van der Waals surface area contributed by atoms with E-state index in [1.165, 1.54) is 0 Å². The molecule has 0 aliphatic carbocycles. The van der Waals surface area contributed by atoms with Gasteiger partial charge >= 0.3 is 0 Å². The number of hydrogen-bond donors (Lipinski definition) is 9. The van der Waals surface area contributed by atoms with Crippen molar-refractivity contribution in [1.29, 1.82) is 0 Å². The molecule has 9 nitrogen and oxygen atoms in total. The third-order valence-corrected chi connectivity index (χ3v) is 2.66. The first-order valence-corrected chi connectivity index (χ1v) is 7.21. The molecule has 3 rings (SSSR count). The van der Waals surface area contributed by atoms with Crippen LogP contribution in [0.1, 0.15) is 0 Å². The number of benzene rings is 3. The smallest absolute Gasteiger partial charge is 0.122 e. The van der Waals surface area contributed by atoms with Gasteiger partial charge in [-0.2, -0.15) is 0 Å². The summed E-state index contributed by atoms with van der Waals surface area (Å²) in [6.07, 6.45) is 0. The summed E-state index contributed by atoms with van der Waals surface area (Å²) < 4.78 is 0. The highest BCUT2D eigenvalue weighted by Gasteiger charge is 1.95. The van der Waals surface area contributed by atoms with Gasteiger partial charge in [-0.25, -0.2) is 0 Å². The van der Waals surface area contributed by atoms with Crippen LogP contribution in [0.25, 0.3) is 0 Å². The van der Waals surface area contributed by atoms with E-state index in [9.17, 15) is 0 Å². The van der Waals surface area contributed by atoms with E-state index < -0.39 is 0 Å². The summed E-state index contributed by atoms with van der Waals surface area (Å²) in [6.45, 7) is 0. The van der Waals surface area contributed by atoms with Crippen LogP contribution >= 0.6 is 0 Å². The van der Waals surface area contributed by atoms with Gasteiger partial charge in [-0.1, -0.05) is 0 Å². The van der Waals surface area contributed by atoms with Gasteiger partial charge in [0.15, 0.2) is 0 Å². The predicted molar refractivity (Wildman–Crippen MR) is 94.3 cm³/mol. The molecule has 0 bridgehead atoms. The number of phenolic OH excluding ortho intramolecular Hbond substituents is 9. The number of phenols is 9. The highest BCUT2D eigenvalue weighted by Crippen LogP contribution is 2.25. The Morgan fingerprint density at radius 1 is 0.222 bits per heavy atom. The Hall–Kier alpha value is -4.14. The average Bonchev–Trinajstić information content (AvgIpc) is 2.43. The van der Waals surface area contributed by atoms with E-state index in [-0.39, 0.29) is 51.7 Å². The summed E-state index contributed by atoms with van der Waals surface area (Å²) in [6, 6.07) is 10.2. The highest BCUT2D eigenvalue weighted by molar-refractivity contribution is 5.40. The lowest BCUT2D eigenvalue weighted by Gasteiger charge is -1.94. The Kier molecular flexibility index (Phi) is 7.26. The van der Waals surface area contributed by atoms with Crippen LogP contribution in [0.3, 0.4) is 0 Å². The Morgan fingerprint density at radius 3 is 0.370 bits per heavy atom. The Labute approximate surface area is 153 Å². The van der Waals surface area contributed by atoms with Crippen LogP contribution in [-0.4, -0.2) is 46.0 Å². The monoisotopic (exact) mass is 378 g/mol. The standard InChI is InChI=1S/3C6H6O3/c3*7-4-1-5(8)3-6(9)2-4/h3*1-3,7-9H. The van der Waals surface area contributed by atoms with Crippen LogP contribution in [-0.2, 0) is 0 Å². The predicted octanol–water partition coefficient (Wildman–Crippen LogP) is 2.41. The molecule has 9 N–H and O–H groups in total. The maximum Gasteiger partial charge on any atom is 0.122 e. The zero-order valence-electron chi connectivity index (χ0n) is 13.7. The van der Waals surface area contributed by atoms with E-state index in [1.54, 1.807) is 0 Å². The normalized spacial score (nSPS) is 9.33. The summed E-state index contributed by atoms with van der Waals surface area (Å²) in [4.78, 5) is 0. The quantitative estimate of drug-likeness (QED) is 0.283. The van der Waals surface area contributed by atoms with Crippen molar-refractivity contribution < 1.29 is 46.0 Å². The summed E-state index contributed by atoms with van der Waals surface area (Å²) in [5, 5.41) is 78.1. The van der Waals surface area contributed by atoms with Gasteiger partial charge in [0.2, 0.25) is 0 Å². The van der Waals surface area contributed by atoms with E-state index in [2.05, 4.69) is 0 Å². The van der Waals surface area contributed by atoms with Gasteiger partial charge in [-0.05, 0) is 0 Å². The third kappa shape index (κ3) is 8.49. The number of aromatic hydroxyl groups is 9. The molecule has 0 atom stereocenters. The Bertz CT molecular complexity index is 625. The van der Waals surface area contributed by atoms with Crippen LogP contribution in [0.15, 0.2) is 54.6 Å². The second-order valence-corrected chi connectivity index (χ2v) is 5.12. The molecule has 0 spiro atoms. The molecule has 3 aromatic carbocycles. The summed E-state index contributed by atoms with van der Waals surface area (Å²) in [7, 11) is 0. The lowest BCUT2D eigenvalue weighted by Crippen LogP contribution is -1.66. The van der Waals surface area contributed by atoms with Gasteiger partial charge < -0.3 is 46.0 Å². The molecule has 0 radical (unpaired) electrons. The summed E-state index contributed by atoms with van der Waals surface area (Å²) in [5.41, 5.74) is 0. The molecule has 0 saturated carbocycles. The maximum absolute atomic E-state index is 8.67. The van der Waals surface area contributed by atoms with Crippen molar-refractivity contribution in [3.8, 4) is 51.7 Å². The van der Waals surface area contributed by atoms with Crippen LogP contribution in [0.2, 0.25) is 0 Å². The average molecular weight is 378 g/mol. The summed E-state index contributed by atoms with van der Waals surface area (Å²) >= 11 is 0. The fourth-order valence-electron chi connectivity index (χ4n) is 1.74. The first kappa shape index (κ1) is 20.9. The van der Waals surface area contributed by atoms with Crippen LogP contribution in [0, 0.1) is 0 Å². The molecule has 0 aromatic heterocycles. The third-order valence-electron chi connectivity index (χ3n) is 2.66. The van der Waals surface area contributed by atoms with Crippen molar-refractivity contribution in [3.05, 3.63) is 54.6 Å². The molecular weight excluding hydrogens is 360 g/mol. The molecule has 0 amide bonds. The van der Waals surface area contributed by atoms with Gasteiger partial charge in [0.1, 0.15) is 51.7 Å². The molecule has 0 aliphatic rings. The van der Waals surface area contributed by atoms with Crippen LogP contribution in [0.5, 0.6) is 51.7 Å². The first-order chi connectivity index (χ1) is 12.5. The SMILES string of the molecule is Oc1cc(O)cc(O)c1.Oc1cc(O)cc(O)c1.Oc1cc(O)cc(O)c1. The fourth-order valence-corrected chi connectivity index (χ4v) is 1.74. The van der Waals surface area contributed by atoms with Gasteiger partial charge in [0.25, 0.3) is 0 Å². The van der Waals surface area contributed by atoms with E-state index in [0.29, 0.717) is 0 Å². The zero-order chi connectivity index (χ0) is 20.6. The first-order valence-electron chi connectivity index (χ1n) is 7.21.